The number of halogens is 2. The highest BCUT2D eigenvalue weighted by atomic mass is 35.5. The van der Waals surface area contributed by atoms with Crippen LogP contribution in [0.4, 0.5) is 4.39 Å². The second-order valence-electron chi connectivity index (χ2n) is 3.05. The maximum absolute atomic E-state index is 12.8. The lowest BCUT2D eigenvalue weighted by molar-refractivity contribution is -0.137. The topological polar surface area (TPSA) is 70.5 Å². The zero-order valence-corrected chi connectivity index (χ0v) is 9.03. The molecule has 0 unspecified atom stereocenters. The second kappa shape index (κ2) is 4.89. The molecule has 7 heteroatoms. The Kier molecular flexibility index (Phi) is 3.78. The molecule has 0 aliphatic carbocycles. The molecular weight excluding hydrogens is 239 g/mol. The third-order valence-corrected chi connectivity index (χ3v) is 2.06. The minimum Gasteiger partial charge on any atom is -0.480 e. The van der Waals surface area contributed by atoms with Crippen molar-refractivity contribution >= 4 is 23.5 Å². The van der Waals surface area contributed by atoms with Gasteiger partial charge >= 0.3 is 5.97 Å². The third-order valence-electron chi connectivity index (χ3n) is 1.76. The Labute approximate surface area is 95.5 Å². The molecule has 0 atom stereocenters. The minimum atomic E-state index is -1.17. The number of aromatic nitrogens is 1. The second-order valence-corrected chi connectivity index (χ2v) is 3.40. The quantitative estimate of drug-likeness (QED) is 0.809. The van der Waals surface area contributed by atoms with Crippen LogP contribution in [0.3, 0.4) is 0 Å². The summed E-state index contributed by atoms with van der Waals surface area (Å²) in [6.45, 7) is -0.494. The number of pyridine rings is 1. The SMILES string of the molecule is CN(CC(=O)O)C(=O)c1cc(F)cnc1Cl. The zero-order chi connectivity index (χ0) is 12.3. The summed E-state index contributed by atoms with van der Waals surface area (Å²) in [7, 11) is 1.28. The van der Waals surface area contributed by atoms with E-state index in [4.69, 9.17) is 16.7 Å². The number of hydrogen-bond donors (Lipinski definition) is 1. The average molecular weight is 247 g/mol. The Morgan fingerprint density at radius 2 is 2.25 bits per heavy atom. The summed E-state index contributed by atoms with van der Waals surface area (Å²) in [4.78, 5) is 26.4. The maximum atomic E-state index is 12.8. The Morgan fingerprint density at radius 3 is 2.81 bits per heavy atom. The average Bonchev–Trinajstić information content (AvgIpc) is 2.19. The standard InChI is InChI=1S/C9H8ClFN2O3/c1-13(4-7(14)15)9(16)6-2-5(11)3-12-8(6)10/h2-3H,4H2,1H3,(H,14,15). The van der Waals surface area contributed by atoms with Crippen LogP contribution in [0, 0.1) is 5.82 Å². The van der Waals surface area contributed by atoms with Crippen molar-refractivity contribution in [3.05, 3.63) is 28.8 Å². The van der Waals surface area contributed by atoms with E-state index >= 15 is 0 Å². The fourth-order valence-corrected chi connectivity index (χ4v) is 1.24. The molecule has 1 heterocycles. The fraction of sp³-hybridized carbons (Fsp3) is 0.222. The Balaban J connectivity index is 2.95. The zero-order valence-electron chi connectivity index (χ0n) is 8.28. The Morgan fingerprint density at radius 1 is 1.62 bits per heavy atom. The molecule has 1 aromatic heterocycles. The van der Waals surface area contributed by atoms with E-state index in [1.807, 2.05) is 0 Å². The molecule has 16 heavy (non-hydrogen) atoms. The minimum absolute atomic E-state index is 0.162. The van der Waals surface area contributed by atoms with Crippen molar-refractivity contribution in [1.82, 2.24) is 9.88 Å². The van der Waals surface area contributed by atoms with Crippen molar-refractivity contribution < 1.29 is 19.1 Å². The van der Waals surface area contributed by atoms with Crippen molar-refractivity contribution in [2.24, 2.45) is 0 Å². The van der Waals surface area contributed by atoms with Crippen molar-refractivity contribution in [2.45, 2.75) is 0 Å². The number of likely N-dealkylation sites (N-methyl/N-ethyl adjacent to an activating group) is 1. The highest BCUT2D eigenvalue weighted by Crippen LogP contribution is 2.15. The number of rotatable bonds is 3. The monoisotopic (exact) mass is 246 g/mol. The third kappa shape index (κ3) is 2.90. The molecule has 0 spiro atoms. The molecule has 86 valence electrons. The first-order valence-corrected chi connectivity index (χ1v) is 4.58. The molecule has 0 fully saturated rings. The summed E-state index contributed by atoms with van der Waals surface area (Å²) < 4.78 is 12.8. The van der Waals surface area contributed by atoms with E-state index < -0.39 is 24.2 Å². The number of hydrogen-bond acceptors (Lipinski definition) is 3. The van der Waals surface area contributed by atoms with Gasteiger partial charge in [0.1, 0.15) is 17.5 Å². The molecule has 1 aromatic rings. The van der Waals surface area contributed by atoms with Crippen LogP contribution in [0.25, 0.3) is 0 Å². The van der Waals surface area contributed by atoms with Crippen LogP contribution in [0.5, 0.6) is 0 Å². The van der Waals surface area contributed by atoms with Crippen LogP contribution in [-0.2, 0) is 4.79 Å². The summed E-state index contributed by atoms with van der Waals surface area (Å²) in [5.41, 5.74) is -0.162. The molecule has 1 rings (SSSR count). The number of aliphatic carboxylic acids is 1. The largest absolute Gasteiger partial charge is 0.480 e. The van der Waals surface area contributed by atoms with Crippen molar-refractivity contribution in [2.75, 3.05) is 13.6 Å². The highest BCUT2D eigenvalue weighted by Gasteiger charge is 2.18. The van der Waals surface area contributed by atoms with Gasteiger partial charge in [0, 0.05) is 7.05 Å². The lowest BCUT2D eigenvalue weighted by Crippen LogP contribution is -2.32. The van der Waals surface area contributed by atoms with Gasteiger partial charge in [-0.25, -0.2) is 9.37 Å². The maximum Gasteiger partial charge on any atom is 0.323 e. The summed E-state index contributed by atoms with van der Waals surface area (Å²) >= 11 is 5.60. The summed E-state index contributed by atoms with van der Waals surface area (Å²) in [6.07, 6.45) is 0.871. The van der Waals surface area contributed by atoms with Gasteiger partial charge in [-0.2, -0.15) is 0 Å². The summed E-state index contributed by atoms with van der Waals surface area (Å²) in [5, 5.41) is 8.32. The van der Waals surface area contributed by atoms with E-state index in [0.717, 1.165) is 17.2 Å². The van der Waals surface area contributed by atoms with E-state index in [9.17, 15) is 14.0 Å². The van der Waals surface area contributed by atoms with E-state index in [-0.39, 0.29) is 10.7 Å². The summed E-state index contributed by atoms with van der Waals surface area (Å²) in [5.74, 6) is -2.58. The molecule has 5 nitrogen and oxygen atoms in total. The van der Waals surface area contributed by atoms with E-state index in [0.29, 0.717) is 0 Å². The summed E-state index contributed by atoms with van der Waals surface area (Å²) in [6, 6.07) is 0.913. The number of carboxylic acids is 1. The van der Waals surface area contributed by atoms with Crippen LogP contribution in [-0.4, -0.2) is 40.5 Å². The van der Waals surface area contributed by atoms with Gasteiger partial charge in [0.2, 0.25) is 0 Å². The van der Waals surface area contributed by atoms with E-state index in [1.54, 1.807) is 0 Å². The molecule has 0 saturated heterocycles. The molecule has 0 radical (unpaired) electrons. The van der Waals surface area contributed by atoms with Gasteiger partial charge in [0.05, 0.1) is 11.8 Å². The van der Waals surface area contributed by atoms with E-state index in [1.165, 1.54) is 7.05 Å². The van der Waals surface area contributed by atoms with Crippen LogP contribution in [0.2, 0.25) is 5.15 Å². The van der Waals surface area contributed by atoms with Crippen molar-refractivity contribution in [3.63, 3.8) is 0 Å². The number of carboxylic acid groups (broad SMARTS) is 1. The molecule has 0 aliphatic heterocycles. The van der Waals surface area contributed by atoms with Gasteiger partial charge in [0.25, 0.3) is 5.91 Å². The molecule has 1 amide bonds. The smallest absolute Gasteiger partial charge is 0.323 e. The van der Waals surface area contributed by atoms with Gasteiger partial charge in [-0.1, -0.05) is 11.6 Å². The molecule has 0 aromatic carbocycles. The van der Waals surface area contributed by atoms with Crippen LogP contribution in [0.15, 0.2) is 12.3 Å². The van der Waals surface area contributed by atoms with E-state index in [2.05, 4.69) is 4.98 Å². The predicted octanol–water partition coefficient (Wildman–Crippen LogP) is 1.03. The van der Waals surface area contributed by atoms with Crippen molar-refractivity contribution in [1.29, 1.82) is 0 Å². The number of carbonyl (C=O) groups is 2. The first-order chi connectivity index (χ1) is 7.41. The first-order valence-electron chi connectivity index (χ1n) is 4.20. The Hall–Kier alpha value is -1.69. The van der Waals surface area contributed by atoms with Crippen LogP contribution >= 0.6 is 11.6 Å². The van der Waals surface area contributed by atoms with Gasteiger partial charge in [-0.05, 0) is 6.07 Å². The fourth-order valence-electron chi connectivity index (χ4n) is 1.05. The predicted molar refractivity (Wildman–Crippen MR) is 53.8 cm³/mol. The number of amides is 1. The lowest BCUT2D eigenvalue weighted by Gasteiger charge is -2.14. The van der Waals surface area contributed by atoms with Gasteiger partial charge < -0.3 is 10.0 Å². The molecule has 0 aliphatic rings. The van der Waals surface area contributed by atoms with Crippen LogP contribution < -0.4 is 0 Å². The number of nitrogens with zero attached hydrogens (tertiary/aromatic N) is 2. The highest BCUT2D eigenvalue weighted by molar-refractivity contribution is 6.32. The molecule has 0 saturated carbocycles. The molecular formula is C9H8ClFN2O3. The van der Waals surface area contributed by atoms with Gasteiger partial charge in [0.15, 0.2) is 0 Å². The van der Waals surface area contributed by atoms with Gasteiger partial charge in [-0.3, -0.25) is 9.59 Å². The molecule has 1 N–H and O–H groups in total. The molecule has 0 bridgehead atoms. The van der Waals surface area contributed by atoms with Crippen molar-refractivity contribution in [3.8, 4) is 0 Å². The normalized spacial score (nSPS) is 9.94. The lowest BCUT2D eigenvalue weighted by atomic mass is 10.2. The van der Waals surface area contributed by atoms with Crippen LogP contribution in [0.1, 0.15) is 10.4 Å². The number of carbonyl (C=O) groups excluding carboxylic acids is 1. The Bertz CT molecular complexity index is 439. The van der Waals surface area contributed by atoms with Gasteiger partial charge in [-0.15, -0.1) is 0 Å². The first kappa shape index (κ1) is 12.4.